The third-order valence-corrected chi connectivity index (χ3v) is 4.10. The lowest BCUT2D eigenvalue weighted by Crippen LogP contribution is -2.30. The summed E-state index contributed by atoms with van der Waals surface area (Å²) in [6.07, 6.45) is 0. The number of ether oxygens (including phenoxy) is 5. The van der Waals surface area contributed by atoms with Crippen molar-refractivity contribution in [1.29, 1.82) is 0 Å². The minimum absolute atomic E-state index is 0. The number of hydrogen-bond donors (Lipinski definition) is 2. The lowest BCUT2D eigenvalue weighted by atomic mass is 10.1. The van der Waals surface area contributed by atoms with Crippen LogP contribution in [0.1, 0.15) is 5.56 Å². The van der Waals surface area contributed by atoms with Gasteiger partial charge in [0, 0.05) is 30.9 Å². The maximum Gasteiger partial charge on any atom is 0.203 e. The van der Waals surface area contributed by atoms with Gasteiger partial charge in [-0.25, -0.2) is 0 Å². The molecule has 0 aliphatic heterocycles. The largest absolute Gasteiger partial charge is 0.493 e. The zero-order chi connectivity index (χ0) is 20.5. The molecule has 2 aromatic carbocycles. The number of halogens is 1. The molecule has 0 aliphatic carbocycles. The van der Waals surface area contributed by atoms with Gasteiger partial charge < -0.3 is 34.3 Å². The van der Waals surface area contributed by atoms with Gasteiger partial charge in [-0.1, -0.05) is 0 Å². The molecular weight excluding hydrogens is 489 g/mol. The lowest BCUT2D eigenvalue weighted by Gasteiger charge is -2.17. The predicted octanol–water partition coefficient (Wildman–Crippen LogP) is 3.54. The van der Waals surface area contributed by atoms with Crippen molar-refractivity contribution in [1.82, 2.24) is 5.32 Å². The number of nitrogens with zero attached hydrogens (tertiary/aromatic N) is 1. The van der Waals surface area contributed by atoms with Crippen molar-refractivity contribution in [3.8, 4) is 28.7 Å². The monoisotopic (exact) mass is 517 g/mol. The molecule has 0 spiro atoms. The van der Waals surface area contributed by atoms with Gasteiger partial charge >= 0.3 is 0 Å². The molecule has 0 amide bonds. The Morgan fingerprint density at radius 1 is 0.793 bits per heavy atom. The maximum atomic E-state index is 5.51. The summed E-state index contributed by atoms with van der Waals surface area (Å²) in [5.74, 6) is 3.64. The Hall–Kier alpha value is -2.56. The topological polar surface area (TPSA) is 82.6 Å². The molecule has 0 radical (unpaired) electrons. The Labute approximate surface area is 188 Å². The van der Waals surface area contributed by atoms with E-state index in [2.05, 4.69) is 15.6 Å². The predicted molar refractivity (Wildman–Crippen MR) is 125 cm³/mol. The molecule has 29 heavy (non-hydrogen) atoms. The van der Waals surface area contributed by atoms with Crippen LogP contribution in [0.2, 0.25) is 0 Å². The number of nitrogens with one attached hydrogen (secondary N) is 2. The van der Waals surface area contributed by atoms with Gasteiger partial charge in [-0.05, 0) is 24.3 Å². The number of rotatable bonds is 8. The van der Waals surface area contributed by atoms with E-state index in [0.29, 0.717) is 41.3 Å². The van der Waals surface area contributed by atoms with Crippen LogP contribution in [0.25, 0.3) is 0 Å². The number of hydrogen-bond acceptors (Lipinski definition) is 6. The SMILES string of the molecule is CN=C(NCc1ccc(OC)c(OC)c1OC)Nc1ccc(OC)c(OC)c1.I. The summed E-state index contributed by atoms with van der Waals surface area (Å²) >= 11 is 0. The third-order valence-electron chi connectivity index (χ3n) is 4.10. The van der Waals surface area contributed by atoms with E-state index in [1.807, 2.05) is 30.3 Å². The molecule has 0 bridgehead atoms. The van der Waals surface area contributed by atoms with Crippen LogP contribution in [0.4, 0.5) is 5.69 Å². The second-order valence-electron chi connectivity index (χ2n) is 5.61. The molecule has 0 aromatic heterocycles. The van der Waals surface area contributed by atoms with Crippen LogP contribution in [-0.2, 0) is 6.54 Å². The molecule has 160 valence electrons. The van der Waals surface area contributed by atoms with E-state index in [9.17, 15) is 0 Å². The minimum Gasteiger partial charge on any atom is -0.493 e. The molecular formula is C20H28IN3O5. The van der Waals surface area contributed by atoms with E-state index < -0.39 is 0 Å². The second kappa shape index (κ2) is 12.1. The smallest absolute Gasteiger partial charge is 0.203 e. The van der Waals surface area contributed by atoms with E-state index in [4.69, 9.17) is 23.7 Å². The van der Waals surface area contributed by atoms with E-state index in [0.717, 1.165) is 11.3 Å². The Morgan fingerprint density at radius 3 is 1.97 bits per heavy atom. The molecule has 0 atom stereocenters. The van der Waals surface area contributed by atoms with Crippen molar-refractivity contribution < 1.29 is 23.7 Å². The van der Waals surface area contributed by atoms with Crippen molar-refractivity contribution >= 4 is 35.6 Å². The normalized spacial score (nSPS) is 10.5. The first kappa shape index (κ1) is 24.5. The van der Waals surface area contributed by atoms with Gasteiger partial charge in [-0.2, -0.15) is 0 Å². The summed E-state index contributed by atoms with van der Waals surface area (Å²) in [6, 6.07) is 9.29. The highest BCUT2D eigenvalue weighted by molar-refractivity contribution is 14.0. The first-order valence-electron chi connectivity index (χ1n) is 8.59. The summed E-state index contributed by atoms with van der Waals surface area (Å²) in [4.78, 5) is 4.25. The van der Waals surface area contributed by atoms with Crippen LogP contribution in [0.15, 0.2) is 35.3 Å². The summed E-state index contributed by atoms with van der Waals surface area (Å²) in [5, 5.41) is 6.47. The molecule has 0 unspecified atom stereocenters. The van der Waals surface area contributed by atoms with Crippen LogP contribution < -0.4 is 34.3 Å². The molecule has 2 N–H and O–H groups in total. The van der Waals surface area contributed by atoms with E-state index >= 15 is 0 Å². The van der Waals surface area contributed by atoms with Gasteiger partial charge in [0.05, 0.1) is 35.5 Å². The fourth-order valence-electron chi connectivity index (χ4n) is 2.71. The van der Waals surface area contributed by atoms with E-state index in [1.54, 1.807) is 42.6 Å². The number of guanidine groups is 1. The molecule has 0 saturated heterocycles. The highest BCUT2D eigenvalue weighted by atomic mass is 127. The Kier molecular flexibility index (Phi) is 10.2. The number of aliphatic imine (C=N–C) groups is 1. The summed E-state index contributed by atoms with van der Waals surface area (Å²) in [7, 11) is 9.65. The standard InChI is InChI=1S/C20H27N3O5.HI/c1-21-20(23-14-8-10-15(24-2)17(11-14)26-4)22-12-13-7-9-16(25-3)19(28-6)18(13)27-5;/h7-11H,12H2,1-6H3,(H2,21,22,23);1H. The molecule has 0 aliphatic rings. The van der Waals surface area contributed by atoms with Crippen molar-refractivity contribution in [3.63, 3.8) is 0 Å². The summed E-state index contributed by atoms with van der Waals surface area (Å²) < 4.78 is 26.8. The van der Waals surface area contributed by atoms with Crippen LogP contribution in [0, 0.1) is 0 Å². The van der Waals surface area contributed by atoms with E-state index in [-0.39, 0.29) is 24.0 Å². The number of anilines is 1. The fourth-order valence-corrected chi connectivity index (χ4v) is 2.71. The van der Waals surface area contributed by atoms with E-state index in [1.165, 1.54) is 0 Å². The first-order chi connectivity index (χ1) is 13.6. The number of methoxy groups -OCH3 is 5. The fraction of sp³-hybridized carbons (Fsp3) is 0.350. The molecule has 9 heteroatoms. The van der Waals surface area contributed by atoms with Gasteiger partial charge in [0.1, 0.15) is 0 Å². The summed E-state index contributed by atoms with van der Waals surface area (Å²) in [5.41, 5.74) is 1.71. The highest BCUT2D eigenvalue weighted by Crippen LogP contribution is 2.39. The van der Waals surface area contributed by atoms with Crippen molar-refractivity contribution in [2.75, 3.05) is 47.9 Å². The zero-order valence-electron chi connectivity index (χ0n) is 17.5. The van der Waals surface area contributed by atoms with Gasteiger partial charge in [0.25, 0.3) is 0 Å². The molecule has 0 heterocycles. The maximum absolute atomic E-state index is 5.51. The Bertz CT molecular complexity index is 830. The number of benzene rings is 2. The first-order valence-corrected chi connectivity index (χ1v) is 8.59. The summed E-state index contributed by atoms with van der Waals surface area (Å²) in [6.45, 7) is 0.469. The molecule has 0 fully saturated rings. The lowest BCUT2D eigenvalue weighted by molar-refractivity contribution is 0.322. The highest BCUT2D eigenvalue weighted by Gasteiger charge is 2.16. The average Bonchev–Trinajstić information content (AvgIpc) is 2.75. The zero-order valence-corrected chi connectivity index (χ0v) is 19.8. The molecule has 2 rings (SSSR count). The quantitative estimate of drug-likeness (QED) is 0.315. The molecule has 2 aromatic rings. The van der Waals surface area contributed by atoms with Crippen LogP contribution in [0.3, 0.4) is 0 Å². The van der Waals surface area contributed by atoms with Crippen LogP contribution >= 0.6 is 24.0 Å². The van der Waals surface area contributed by atoms with Crippen LogP contribution in [-0.4, -0.2) is 48.6 Å². The molecule has 0 saturated carbocycles. The Balaban J connectivity index is 0.00000420. The van der Waals surface area contributed by atoms with Gasteiger partial charge in [-0.3, -0.25) is 4.99 Å². The third kappa shape index (κ3) is 5.96. The second-order valence-corrected chi connectivity index (χ2v) is 5.61. The average molecular weight is 517 g/mol. The minimum atomic E-state index is 0. The molecule has 8 nitrogen and oxygen atoms in total. The van der Waals surface area contributed by atoms with Gasteiger partial charge in [-0.15, -0.1) is 24.0 Å². The van der Waals surface area contributed by atoms with Gasteiger partial charge in [0.15, 0.2) is 29.0 Å². The van der Waals surface area contributed by atoms with Crippen LogP contribution in [0.5, 0.6) is 28.7 Å². The van der Waals surface area contributed by atoms with Gasteiger partial charge in [0.2, 0.25) is 5.75 Å². The van der Waals surface area contributed by atoms with Crippen molar-refractivity contribution in [2.24, 2.45) is 4.99 Å². The van der Waals surface area contributed by atoms with Crippen molar-refractivity contribution in [2.45, 2.75) is 6.54 Å². The Morgan fingerprint density at radius 2 is 1.41 bits per heavy atom. The van der Waals surface area contributed by atoms with Crippen molar-refractivity contribution in [3.05, 3.63) is 35.9 Å².